The molecule has 0 aliphatic heterocycles. The number of hydrogen-bond donors (Lipinski definition) is 2. The number of para-hydroxylation sites is 2. The number of benzene rings is 1. The van der Waals surface area contributed by atoms with Crippen molar-refractivity contribution in [2.75, 3.05) is 13.2 Å². The van der Waals surface area contributed by atoms with Crippen LogP contribution in [0.25, 0.3) is 11.0 Å². The quantitative estimate of drug-likeness (QED) is 0.815. The Kier molecular flexibility index (Phi) is 3.72. The summed E-state index contributed by atoms with van der Waals surface area (Å²) in [6.07, 6.45) is 0. The van der Waals surface area contributed by atoms with Crippen LogP contribution >= 0.6 is 0 Å². The van der Waals surface area contributed by atoms with E-state index >= 15 is 0 Å². The van der Waals surface area contributed by atoms with Crippen molar-refractivity contribution in [3.05, 3.63) is 30.1 Å². The molecule has 1 aromatic carbocycles. The molecule has 1 amide bonds. The SMILES string of the molecule is CCOCC(=O)NCc1nc2ccccc2[nH]1. The third-order valence-electron chi connectivity index (χ3n) is 2.33. The zero-order chi connectivity index (χ0) is 12.1. The molecule has 0 radical (unpaired) electrons. The predicted molar refractivity (Wildman–Crippen MR) is 64.4 cm³/mol. The van der Waals surface area contributed by atoms with E-state index in [1.54, 1.807) is 0 Å². The summed E-state index contributed by atoms with van der Waals surface area (Å²) in [6.45, 7) is 2.88. The van der Waals surface area contributed by atoms with Crippen molar-refractivity contribution in [2.24, 2.45) is 0 Å². The number of ether oxygens (including phenoxy) is 1. The highest BCUT2D eigenvalue weighted by molar-refractivity contribution is 5.77. The molecular formula is C12H15N3O2. The molecule has 0 fully saturated rings. The normalized spacial score (nSPS) is 10.6. The van der Waals surface area contributed by atoms with E-state index in [2.05, 4.69) is 15.3 Å². The first kappa shape index (κ1) is 11.6. The molecule has 0 saturated carbocycles. The van der Waals surface area contributed by atoms with Gasteiger partial charge in [0.05, 0.1) is 17.6 Å². The van der Waals surface area contributed by atoms with Crippen LogP contribution < -0.4 is 5.32 Å². The van der Waals surface area contributed by atoms with Crippen molar-refractivity contribution in [2.45, 2.75) is 13.5 Å². The van der Waals surface area contributed by atoms with E-state index in [0.717, 1.165) is 16.9 Å². The summed E-state index contributed by atoms with van der Waals surface area (Å²) in [4.78, 5) is 18.8. The van der Waals surface area contributed by atoms with Crippen molar-refractivity contribution in [1.82, 2.24) is 15.3 Å². The molecule has 5 heteroatoms. The number of amides is 1. The van der Waals surface area contributed by atoms with Crippen LogP contribution in [0.4, 0.5) is 0 Å². The Labute approximate surface area is 99.2 Å². The summed E-state index contributed by atoms with van der Waals surface area (Å²) in [5, 5.41) is 2.74. The van der Waals surface area contributed by atoms with Crippen molar-refractivity contribution in [3.8, 4) is 0 Å². The highest BCUT2D eigenvalue weighted by Gasteiger charge is 2.04. The van der Waals surface area contributed by atoms with Gasteiger partial charge in [0.2, 0.25) is 5.91 Å². The minimum atomic E-state index is -0.132. The maximum Gasteiger partial charge on any atom is 0.246 e. The highest BCUT2D eigenvalue weighted by Crippen LogP contribution is 2.09. The minimum Gasteiger partial charge on any atom is -0.372 e. The van der Waals surface area contributed by atoms with Gasteiger partial charge in [-0.15, -0.1) is 0 Å². The molecule has 0 saturated heterocycles. The Morgan fingerprint density at radius 2 is 2.29 bits per heavy atom. The summed E-state index contributed by atoms with van der Waals surface area (Å²) < 4.78 is 5.00. The van der Waals surface area contributed by atoms with Crippen molar-refractivity contribution in [1.29, 1.82) is 0 Å². The number of imidazole rings is 1. The smallest absolute Gasteiger partial charge is 0.246 e. The Bertz CT molecular complexity index is 474. The molecule has 0 unspecified atom stereocenters. The number of carbonyl (C=O) groups is 1. The van der Waals surface area contributed by atoms with E-state index in [-0.39, 0.29) is 12.5 Å². The van der Waals surface area contributed by atoms with Crippen LogP contribution in [0, 0.1) is 0 Å². The highest BCUT2D eigenvalue weighted by atomic mass is 16.5. The Hall–Kier alpha value is -1.88. The molecule has 2 rings (SSSR count). The van der Waals surface area contributed by atoms with Gasteiger partial charge in [-0.1, -0.05) is 12.1 Å². The van der Waals surface area contributed by atoms with Crippen LogP contribution in [0.15, 0.2) is 24.3 Å². The van der Waals surface area contributed by atoms with Crippen LogP contribution in [0.2, 0.25) is 0 Å². The zero-order valence-electron chi connectivity index (χ0n) is 9.69. The van der Waals surface area contributed by atoms with Gasteiger partial charge in [0.25, 0.3) is 0 Å². The molecule has 0 aliphatic carbocycles. The first-order valence-electron chi connectivity index (χ1n) is 5.57. The second-order valence-corrected chi connectivity index (χ2v) is 3.61. The third-order valence-corrected chi connectivity index (χ3v) is 2.33. The van der Waals surface area contributed by atoms with Crippen LogP contribution in [0.1, 0.15) is 12.7 Å². The van der Waals surface area contributed by atoms with Gasteiger partial charge in [-0.25, -0.2) is 4.98 Å². The van der Waals surface area contributed by atoms with Crippen LogP contribution in [0.3, 0.4) is 0 Å². The van der Waals surface area contributed by atoms with Crippen LogP contribution in [0.5, 0.6) is 0 Å². The number of aromatic nitrogens is 2. The van der Waals surface area contributed by atoms with E-state index < -0.39 is 0 Å². The monoisotopic (exact) mass is 233 g/mol. The molecular weight excluding hydrogens is 218 g/mol. The summed E-state index contributed by atoms with van der Waals surface area (Å²) in [6, 6.07) is 7.75. The lowest BCUT2D eigenvalue weighted by Crippen LogP contribution is -2.27. The van der Waals surface area contributed by atoms with Gasteiger partial charge >= 0.3 is 0 Å². The number of nitrogens with zero attached hydrogens (tertiary/aromatic N) is 1. The largest absolute Gasteiger partial charge is 0.372 e. The Morgan fingerprint density at radius 1 is 1.47 bits per heavy atom. The van der Waals surface area contributed by atoms with Crippen molar-refractivity contribution < 1.29 is 9.53 Å². The predicted octanol–water partition coefficient (Wildman–Crippen LogP) is 1.22. The number of nitrogens with one attached hydrogen (secondary N) is 2. The summed E-state index contributed by atoms with van der Waals surface area (Å²) in [5.41, 5.74) is 1.88. The fraction of sp³-hybridized carbons (Fsp3) is 0.333. The molecule has 5 nitrogen and oxygen atoms in total. The number of H-pyrrole nitrogens is 1. The van der Waals surface area contributed by atoms with Gasteiger partial charge in [-0.3, -0.25) is 4.79 Å². The van der Waals surface area contributed by atoms with Crippen molar-refractivity contribution in [3.63, 3.8) is 0 Å². The average molecular weight is 233 g/mol. The molecule has 2 N–H and O–H groups in total. The van der Waals surface area contributed by atoms with Crippen LogP contribution in [-0.4, -0.2) is 29.1 Å². The average Bonchev–Trinajstić information content (AvgIpc) is 2.76. The van der Waals surface area contributed by atoms with Gasteiger partial charge < -0.3 is 15.0 Å². The second kappa shape index (κ2) is 5.45. The maximum atomic E-state index is 11.3. The molecule has 0 aliphatic rings. The van der Waals surface area contributed by atoms with E-state index in [1.165, 1.54) is 0 Å². The van der Waals surface area contributed by atoms with Crippen molar-refractivity contribution >= 4 is 16.9 Å². The number of hydrogen-bond acceptors (Lipinski definition) is 3. The molecule has 2 aromatic rings. The maximum absolute atomic E-state index is 11.3. The molecule has 1 heterocycles. The Balaban J connectivity index is 1.92. The molecule has 0 atom stereocenters. The van der Waals surface area contributed by atoms with E-state index in [1.807, 2.05) is 31.2 Å². The number of rotatable bonds is 5. The molecule has 17 heavy (non-hydrogen) atoms. The Morgan fingerprint density at radius 3 is 3.06 bits per heavy atom. The van der Waals surface area contributed by atoms with Gasteiger partial charge in [0.15, 0.2) is 0 Å². The lowest BCUT2D eigenvalue weighted by Gasteiger charge is -2.02. The number of carbonyl (C=O) groups excluding carboxylic acids is 1. The second-order valence-electron chi connectivity index (χ2n) is 3.61. The zero-order valence-corrected chi connectivity index (χ0v) is 9.69. The fourth-order valence-corrected chi connectivity index (χ4v) is 1.52. The summed E-state index contributed by atoms with van der Waals surface area (Å²) in [7, 11) is 0. The third kappa shape index (κ3) is 3.04. The summed E-state index contributed by atoms with van der Waals surface area (Å²) >= 11 is 0. The first-order chi connectivity index (χ1) is 8.29. The van der Waals surface area contributed by atoms with E-state index in [0.29, 0.717) is 13.2 Å². The first-order valence-corrected chi connectivity index (χ1v) is 5.57. The molecule has 1 aromatic heterocycles. The van der Waals surface area contributed by atoms with Gasteiger partial charge in [0, 0.05) is 6.61 Å². The fourth-order valence-electron chi connectivity index (χ4n) is 1.52. The molecule has 0 bridgehead atoms. The number of fused-ring (bicyclic) bond motifs is 1. The van der Waals surface area contributed by atoms with Gasteiger partial charge in [0.1, 0.15) is 12.4 Å². The summed E-state index contributed by atoms with van der Waals surface area (Å²) in [5.74, 6) is 0.614. The molecule has 0 spiro atoms. The molecule has 90 valence electrons. The lowest BCUT2D eigenvalue weighted by molar-refractivity contribution is -0.125. The van der Waals surface area contributed by atoms with Gasteiger partial charge in [-0.05, 0) is 19.1 Å². The van der Waals surface area contributed by atoms with Gasteiger partial charge in [-0.2, -0.15) is 0 Å². The van der Waals surface area contributed by atoms with E-state index in [4.69, 9.17) is 4.74 Å². The lowest BCUT2D eigenvalue weighted by atomic mass is 10.3. The van der Waals surface area contributed by atoms with Crippen LogP contribution in [-0.2, 0) is 16.1 Å². The topological polar surface area (TPSA) is 67.0 Å². The standard InChI is InChI=1S/C12H15N3O2/c1-2-17-8-12(16)13-7-11-14-9-5-3-4-6-10(9)15-11/h3-6H,2,7-8H2,1H3,(H,13,16)(H,14,15). The number of aromatic amines is 1. The van der Waals surface area contributed by atoms with E-state index in [9.17, 15) is 4.79 Å². The minimum absolute atomic E-state index is 0.0940.